The van der Waals surface area contributed by atoms with E-state index in [1.165, 1.54) is 0 Å². The lowest BCUT2D eigenvalue weighted by molar-refractivity contribution is -0.140. The molecule has 0 aromatic heterocycles. The number of carbonyl (C=O) groups is 2. The highest BCUT2D eigenvalue weighted by Gasteiger charge is 1.97. The fraction of sp³-hybridized carbons (Fsp3) is 0.750. The average molecular weight is 206 g/mol. The van der Waals surface area contributed by atoms with E-state index in [0.29, 0.717) is 0 Å². The predicted octanol–water partition coefficient (Wildman–Crippen LogP) is -0.0310. The highest BCUT2D eigenvalue weighted by Crippen LogP contribution is 1.86. The van der Waals surface area contributed by atoms with Gasteiger partial charge in [0.1, 0.15) is 0 Å². The van der Waals surface area contributed by atoms with Crippen molar-refractivity contribution in [1.29, 1.82) is 0 Å². The van der Waals surface area contributed by atoms with Crippen LogP contribution in [0.1, 0.15) is 12.8 Å². The molecule has 0 fully saturated rings. The van der Waals surface area contributed by atoms with Gasteiger partial charge in [0.2, 0.25) is 0 Å². The maximum absolute atomic E-state index is 10.0. The highest BCUT2D eigenvalue weighted by molar-refractivity contribution is 5.67. The van der Waals surface area contributed by atoms with Crippen molar-refractivity contribution >= 4 is 11.9 Å². The topological polar surface area (TPSA) is 93.1 Å². The molecule has 14 heavy (non-hydrogen) atoms. The molecule has 0 rings (SSSR count). The van der Waals surface area contributed by atoms with E-state index in [4.69, 9.17) is 19.7 Å². The van der Waals surface area contributed by atoms with Crippen LogP contribution in [-0.4, -0.2) is 48.6 Å². The molecule has 0 bridgehead atoms. The van der Waals surface area contributed by atoms with Gasteiger partial charge in [0, 0.05) is 0 Å². The average Bonchev–Trinajstić information content (AvgIpc) is 2.08. The number of carboxylic acids is 2. The first-order valence-electron chi connectivity index (χ1n) is 4.22. The number of carboxylic acid groups (broad SMARTS) is 2. The van der Waals surface area contributed by atoms with Crippen molar-refractivity contribution in [3.8, 4) is 0 Å². The summed E-state index contributed by atoms with van der Waals surface area (Å²) in [5, 5.41) is 16.5. The third-order valence-electron chi connectivity index (χ3n) is 1.29. The maximum Gasteiger partial charge on any atom is 0.305 e. The lowest BCUT2D eigenvalue weighted by Crippen LogP contribution is -2.10. The van der Waals surface area contributed by atoms with Crippen LogP contribution in [0.15, 0.2) is 0 Å². The summed E-state index contributed by atoms with van der Waals surface area (Å²) in [5.74, 6) is -1.81. The molecule has 6 nitrogen and oxygen atoms in total. The first kappa shape index (κ1) is 12.9. The Morgan fingerprint density at radius 3 is 1.43 bits per heavy atom. The molecule has 2 N–H and O–H groups in total. The van der Waals surface area contributed by atoms with Gasteiger partial charge in [0.05, 0.1) is 39.3 Å². The van der Waals surface area contributed by atoms with Gasteiger partial charge >= 0.3 is 11.9 Å². The predicted molar refractivity (Wildman–Crippen MR) is 46.1 cm³/mol. The van der Waals surface area contributed by atoms with Crippen LogP contribution in [0.2, 0.25) is 0 Å². The van der Waals surface area contributed by atoms with Crippen LogP contribution in [0.25, 0.3) is 0 Å². The highest BCUT2D eigenvalue weighted by atomic mass is 16.5. The van der Waals surface area contributed by atoms with E-state index in [9.17, 15) is 9.59 Å². The third kappa shape index (κ3) is 10.9. The minimum atomic E-state index is -0.906. The normalized spacial score (nSPS) is 10.0. The van der Waals surface area contributed by atoms with Crippen molar-refractivity contribution < 1.29 is 29.3 Å². The SMILES string of the molecule is O=C(O)CCOCCOCCC(=O)O. The first-order chi connectivity index (χ1) is 6.63. The molecule has 0 radical (unpaired) electrons. The molecule has 0 atom stereocenters. The number of hydrogen-bond acceptors (Lipinski definition) is 4. The molecule has 6 heteroatoms. The fourth-order valence-electron chi connectivity index (χ4n) is 0.641. The molecule has 0 aliphatic carbocycles. The second-order valence-corrected chi connectivity index (χ2v) is 2.51. The molecule has 0 aromatic carbocycles. The minimum Gasteiger partial charge on any atom is -0.481 e. The smallest absolute Gasteiger partial charge is 0.305 e. The summed E-state index contributed by atoms with van der Waals surface area (Å²) in [5.41, 5.74) is 0. The van der Waals surface area contributed by atoms with Crippen molar-refractivity contribution in [2.24, 2.45) is 0 Å². The molecular formula is C8H14O6. The zero-order chi connectivity index (χ0) is 10.8. The third-order valence-corrected chi connectivity index (χ3v) is 1.29. The fourth-order valence-corrected chi connectivity index (χ4v) is 0.641. The molecule has 0 spiro atoms. The van der Waals surface area contributed by atoms with Crippen molar-refractivity contribution in [2.75, 3.05) is 26.4 Å². The van der Waals surface area contributed by atoms with E-state index in [0.717, 1.165) is 0 Å². The van der Waals surface area contributed by atoms with Crippen LogP contribution in [0.3, 0.4) is 0 Å². The molecule has 0 aromatic rings. The quantitative estimate of drug-likeness (QED) is 0.514. The van der Waals surface area contributed by atoms with Gasteiger partial charge in [0.15, 0.2) is 0 Å². The lowest BCUT2D eigenvalue weighted by atomic mass is 10.5. The summed E-state index contributed by atoms with van der Waals surface area (Å²) < 4.78 is 9.80. The zero-order valence-electron chi connectivity index (χ0n) is 7.77. The molecule has 0 heterocycles. The van der Waals surface area contributed by atoms with Gasteiger partial charge in [-0.15, -0.1) is 0 Å². The van der Waals surface area contributed by atoms with Crippen molar-refractivity contribution in [3.05, 3.63) is 0 Å². The van der Waals surface area contributed by atoms with Gasteiger partial charge in [-0.05, 0) is 0 Å². The van der Waals surface area contributed by atoms with Crippen LogP contribution >= 0.6 is 0 Å². The van der Waals surface area contributed by atoms with Crippen LogP contribution in [0, 0.1) is 0 Å². The molecule has 0 saturated carbocycles. The monoisotopic (exact) mass is 206 g/mol. The summed E-state index contributed by atoms with van der Waals surface area (Å²) >= 11 is 0. The van der Waals surface area contributed by atoms with Gasteiger partial charge in [-0.25, -0.2) is 0 Å². The molecule has 82 valence electrons. The van der Waals surface area contributed by atoms with Gasteiger partial charge < -0.3 is 19.7 Å². The Morgan fingerprint density at radius 1 is 0.786 bits per heavy atom. The molecular weight excluding hydrogens is 192 g/mol. The van der Waals surface area contributed by atoms with Gasteiger partial charge in [-0.1, -0.05) is 0 Å². The zero-order valence-corrected chi connectivity index (χ0v) is 7.77. The first-order valence-corrected chi connectivity index (χ1v) is 4.22. The van der Waals surface area contributed by atoms with E-state index in [2.05, 4.69) is 0 Å². The van der Waals surface area contributed by atoms with Gasteiger partial charge in [-0.2, -0.15) is 0 Å². The van der Waals surface area contributed by atoms with Crippen LogP contribution in [-0.2, 0) is 19.1 Å². The van der Waals surface area contributed by atoms with Crippen molar-refractivity contribution in [1.82, 2.24) is 0 Å². The standard InChI is InChI=1S/C8H14O6/c9-7(10)1-3-13-5-6-14-4-2-8(11)12/h1-6H2,(H,9,10)(H,11,12). The Kier molecular flexibility index (Phi) is 7.77. The Morgan fingerprint density at radius 2 is 1.14 bits per heavy atom. The van der Waals surface area contributed by atoms with Crippen LogP contribution in [0.4, 0.5) is 0 Å². The number of hydrogen-bond donors (Lipinski definition) is 2. The van der Waals surface area contributed by atoms with E-state index in [-0.39, 0.29) is 39.3 Å². The van der Waals surface area contributed by atoms with E-state index in [1.54, 1.807) is 0 Å². The Balaban J connectivity index is 2.99. The van der Waals surface area contributed by atoms with E-state index >= 15 is 0 Å². The number of rotatable bonds is 9. The van der Waals surface area contributed by atoms with Gasteiger partial charge in [0.25, 0.3) is 0 Å². The largest absolute Gasteiger partial charge is 0.481 e. The molecule has 0 unspecified atom stereocenters. The summed E-state index contributed by atoms with van der Waals surface area (Å²) in [6.07, 6.45) is -0.0652. The molecule has 0 saturated heterocycles. The Labute approximate surface area is 81.4 Å². The summed E-state index contributed by atoms with van der Waals surface area (Å²) in [6.45, 7) is 0.870. The van der Waals surface area contributed by atoms with Crippen LogP contribution < -0.4 is 0 Å². The lowest BCUT2D eigenvalue weighted by Gasteiger charge is -2.03. The summed E-state index contributed by atoms with van der Waals surface area (Å²) in [6, 6.07) is 0. The number of aliphatic carboxylic acids is 2. The Hall–Kier alpha value is -1.14. The molecule has 0 amide bonds. The second-order valence-electron chi connectivity index (χ2n) is 2.51. The minimum absolute atomic E-state index is 0.0326. The van der Waals surface area contributed by atoms with Gasteiger partial charge in [-0.3, -0.25) is 9.59 Å². The molecule has 0 aliphatic heterocycles. The summed E-state index contributed by atoms with van der Waals surface area (Å²) in [4.78, 5) is 20.1. The van der Waals surface area contributed by atoms with E-state index < -0.39 is 11.9 Å². The van der Waals surface area contributed by atoms with E-state index in [1.807, 2.05) is 0 Å². The summed E-state index contributed by atoms with van der Waals surface area (Å²) in [7, 11) is 0. The number of ether oxygens (including phenoxy) is 2. The van der Waals surface area contributed by atoms with Crippen LogP contribution in [0.5, 0.6) is 0 Å². The maximum atomic E-state index is 10.0. The Bertz CT molecular complexity index is 159. The second kappa shape index (κ2) is 8.46. The van der Waals surface area contributed by atoms with Crippen molar-refractivity contribution in [3.63, 3.8) is 0 Å². The molecule has 0 aliphatic rings. The van der Waals surface area contributed by atoms with Crippen molar-refractivity contribution in [2.45, 2.75) is 12.8 Å².